The number of aromatic nitrogens is 1. The molecule has 3 N–H and O–H groups in total. The number of anilines is 2. The summed E-state index contributed by atoms with van der Waals surface area (Å²) in [7, 11) is -4.20. The van der Waals surface area contributed by atoms with Gasteiger partial charge in [0.15, 0.2) is 0 Å². The van der Waals surface area contributed by atoms with Crippen LogP contribution in [0.4, 0.5) is 20.2 Å². The summed E-state index contributed by atoms with van der Waals surface area (Å²) in [5, 5.41) is 0. The van der Waals surface area contributed by atoms with Crippen molar-refractivity contribution in [1.29, 1.82) is 0 Å². The van der Waals surface area contributed by atoms with Gasteiger partial charge in [-0.2, -0.15) is 4.39 Å². The fourth-order valence-electron chi connectivity index (χ4n) is 1.45. The van der Waals surface area contributed by atoms with Gasteiger partial charge in [-0.3, -0.25) is 4.72 Å². The third-order valence-electron chi connectivity index (χ3n) is 2.25. The molecule has 2 rings (SSSR count). The highest BCUT2D eigenvalue weighted by Gasteiger charge is 2.22. The Labute approximate surface area is 108 Å². The van der Waals surface area contributed by atoms with E-state index >= 15 is 0 Å². The van der Waals surface area contributed by atoms with E-state index in [-0.39, 0.29) is 11.4 Å². The monoisotopic (exact) mass is 285 g/mol. The quantitative estimate of drug-likeness (QED) is 0.664. The van der Waals surface area contributed by atoms with Crippen molar-refractivity contribution in [2.45, 2.75) is 4.90 Å². The van der Waals surface area contributed by atoms with E-state index in [1.807, 2.05) is 0 Å². The molecule has 5 nitrogen and oxygen atoms in total. The van der Waals surface area contributed by atoms with Crippen molar-refractivity contribution < 1.29 is 17.2 Å². The topological polar surface area (TPSA) is 85.1 Å². The fourth-order valence-corrected chi connectivity index (χ4v) is 2.69. The zero-order valence-electron chi connectivity index (χ0n) is 9.47. The first-order valence-electron chi connectivity index (χ1n) is 5.08. The summed E-state index contributed by atoms with van der Waals surface area (Å²) < 4.78 is 52.2. The number of nitrogen functional groups attached to an aromatic ring is 1. The molecule has 0 saturated heterocycles. The second-order valence-electron chi connectivity index (χ2n) is 3.63. The van der Waals surface area contributed by atoms with Crippen molar-refractivity contribution >= 4 is 21.4 Å². The molecule has 0 aliphatic heterocycles. The van der Waals surface area contributed by atoms with Gasteiger partial charge in [0.2, 0.25) is 5.95 Å². The van der Waals surface area contributed by atoms with Crippen LogP contribution in [0.25, 0.3) is 0 Å². The molecule has 0 amide bonds. The molecule has 0 aliphatic carbocycles. The Kier molecular flexibility index (Phi) is 3.34. The Balaban J connectivity index is 2.41. The molecule has 1 heterocycles. The second-order valence-corrected chi connectivity index (χ2v) is 5.25. The van der Waals surface area contributed by atoms with Gasteiger partial charge in [-0.1, -0.05) is 6.07 Å². The Hall–Kier alpha value is -2.22. The lowest BCUT2D eigenvalue weighted by Gasteiger charge is -2.10. The number of nitrogens with two attached hydrogens (primary N) is 1. The normalized spacial score (nSPS) is 11.3. The van der Waals surface area contributed by atoms with Crippen LogP contribution in [0, 0.1) is 11.8 Å². The van der Waals surface area contributed by atoms with E-state index in [0.29, 0.717) is 0 Å². The van der Waals surface area contributed by atoms with E-state index in [1.165, 1.54) is 12.1 Å². The molecule has 1 aromatic heterocycles. The highest BCUT2D eigenvalue weighted by Crippen LogP contribution is 2.24. The van der Waals surface area contributed by atoms with Gasteiger partial charge in [0.1, 0.15) is 10.7 Å². The van der Waals surface area contributed by atoms with Crippen molar-refractivity contribution in [3.8, 4) is 0 Å². The van der Waals surface area contributed by atoms with Gasteiger partial charge in [0.05, 0.1) is 17.6 Å². The number of hydrogen-bond acceptors (Lipinski definition) is 4. The van der Waals surface area contributed by atoms with E-state index in [9.17, 15) is 17.2 Å². The number of hydrogen-bond donors (Lipinski definition) is 2. The number of nitrogens with one attached hydrogen (secondary N) is 1. The SMILES string of the molecule is Nc1cccc(F)c1S(=O)(=O)Nc1ccc(F)nc1. The molecule has 0 radical (unpaired) electrons. The Bertz CT molecular complexity index is 682. The minimum atomic E-state index is -4.20. The Morgan fingerprint density at radius 2 is 1.89 bits per heavy atom. The van der Waals surface area contributed by atoms with Crippen molar-refractivity contribution in [2.24, 2.45) is 0 Å². The maximum atomic E-state index is 13.5. The molecule has 0 saturated carbocycles. The molecule has 8 heteroatoms. The van der Waals surface area contributed by atoms with Crippen LogP contribution in [0.5, 0.6) is 0 Å². The van der Waals surface area contributed by atoms with E-state index in [4.69, 9.17) is 5.73 Å². The van der Waals surface area contributed by atoms with E-state index < -0.39 is 26.7 Å². The largest absolute Gasteiger partial charge is 0.398 e. The Morgan fingerprint density at radius 3 is 2.47 bits per heavy atom. The predicted molar refractivity (Wildman–Crippen MR) is 65.8 cm³/mol. The van der Waals surface area contributed by atoms with Gasteiger partial charge < -0.3 is 5.73 Å². The van der Waals surface area contributed by atoms with Crippen LogP contribution in [0.1, 0.15) is 0 Å². The summed E-state index contributed by atoms with van der Waals surface area (Å²) in [5.41, 5.74) is 5.23. The molecule has 0 fully saturated rings. The molecule has 1 aromatic carbocycles. The smallest absolute Gasteiger partial charge is 0.266 e. The van der Waals surface area contributed by atoms with Crippen molar-refractivity contribution in [3.63, 3.8) is 0 Å². The third-order valence-corrected chi connectivity index (χ3v) is 3.72. The van der Waals surface area contributed by atoms with E-state index in [1.54, 1.807) is 0 Å². The third kappa shape index (κ3) is 2.79. The highest BCUT2D eigenvalue weighted by molar-refractivity contribution is 7.92. The van der Waals surface area contributed by atoms with Gasteiger partial charge >= 0.3 is 0 Å². The van der Waals surface area contributed by atoms with Crippen LogP contribution in [0.15, 0.2) is 41.4 Å². The number of halogens is 2. The standard InChI is InChI=1S/C11H9F2N3O2S/c12-8-2-1-3-9(14)11(8)19(17,18)16-7-4-5-10(13)15-6-7/h1-6,16H,14H2. The van der Waals surface area contributed by atoms with E-state index in [2.05, 4.69) is 9.71 Å². The fraction of sp³-hybridized carbons (Fsp3) is 0. The van der Waals surface area contributed by atoms with Crippen molar-refractivity contribution in [2.75, 3.05) is 10.5 Å². The van der Waals surface area contributed by atoms with Crippen LogP contribution in [-0.4, -0.2) is 13.4 Å². The summed E-state index contributed by atoms with van der Waals surface area (Å²) >= 11 is 0. The lowest BCUT2D eigenvalue weighted by Crippen LogP contribution is -2.16. The number of nitrogens with zero attached hydrogens (tertiary/aromatic N) is 1. The minimum absolute atomic E-state index is 0.00375. The number of rotatable bonds is 3. The van der Waals surface area contributed by atoms with Crippen molar-refractivity contribution in [3.05, 3.63) is 48.3 Å². The van der Waals surface area contributed by atoms with Crippen LogP contribution >= 0.6 is 0 Å². The highest BCUT2D eigenvalue weighted by atomic mass is 32.2. The number of sulfonamides is 1. The summed E-state index contributed by atoms with van der Waals surface area (Å²) in [6.45, 7) is 0. The first kappa shape index (κ1) is 13.2. The maximum absolute atomic E-state index is 13.5. The van der Waals surface area contributed by atoms with Gasteiger partial charge in [-0.25, -0.2) is 17.8 Å². The van der Waals surface area contributed by atoms with Gasteiger partial charge in [0.25, 0.3) is 10.0 Å². The summed E-state index contributed by atoms with van der Waals surface area (Å²) in [4.78, 5) is 2.63. The molecule has 2 aromatic rings. The van der Waals surface area contributed by atoms with Gasteiger partial charge in [-0.05, 0) is 24.3 Å². The first-order valence-corrected chi connectivity index (χ1v) is 6.57. The second kappa shape index (κ2) is 4.81. The lowest BCUT2D eigenvalue weighted by atomic mass is 10.3. The van der Waals surface area contributed by atoms with Crippen molar-refractivity contribution in [1.82, 2.24) is 4.98 Å². The molecule has 19 heavy (non-hydrogen) atoms. The molecule has 100 valence electrons. The molecule has 0 bridgehead atoms. The molecule has 0 atom stereocenters. The minimum Gasteiger partial charge on any atom is -0.398 e. The van der Waals surface area contributed by atoms with Crippen LogP contribution in [0.3, 0.4) is 0 Å². The van der Waals surface area contributed by atoms with Crippen LogP contribution in [0.2, 0.25) is 0 Å². The van der Waals surface area contributed by atoms with Crippen LogP contribution < -0.4 is 10.5 Å². The molecule has 0 unspecified atom stereocenters. The first-order chi connectivity index (χ1) is 8.90. The lowest BCUT2D eigenvalue weighted by molar-refractivity contribution is 0.571. The molecule has 0 spiro atoms. The summed E-state index contributed by atoms with van der Waals surface area (Å²) in [6.07, 6.45) is 0.976. The number of pyridine rings is 1. The molecule has 0 aliphatic rings. The maximum Gasteiger partial charge on any atom is 0.266 e. The predicted octanol–water partition coefficient (Wildman–Crippen LogP) is 1.74. The number of benzene rings is 1. The zero-order valence-corrected chi connectivity index (χ0v) is 10.3. The van der Waals surface area contributed by atoms with E-state index in [0.717, 1.165) is 24.4 Å². The van der Waals surface area contributed by atoms with Gasteiger partial charge in [-0.15, -0.1) is 0 Å². The summed E-state index contributed by atoms with van der Waals surface area (Å²) in [5.74, 6) is -1.73. The summed E-state index contributed by atoms with van der Waals surface area (Å²) in [6, 6.07) is 5.68. The Morgan fingerprint density at radius 1 is 1.16 bits per heavy atom. The molecular formula is C11H9F2N3O2S. The average molecular weight is 285 g/mol. The zero-order chi connectivity index (χ0) is 14.0. The van der Waals surface area contributed by atoms with Crippen LogP contribution in [-0.2, 0) is 10.0 Å². The average Bonchev–Trinajstić information content (AvgIpc) is 2.31. The van der Waals surface area contributed by atoms with Gasteiger partial charge in [0, 0.05) is 0 Å². The molecular weight excluding hydrogens is 276 g/mol.